The molecule has 0 spiro atoms. The van der Waals surface area contributed by atoms with E-state index in [0.29, 0.717) is 24.6 Å². The van der Waals surface area contributed by atoms with Crippen molar-refractivity contribution in [2.45, 2.75) is 18.3 Å². The Kier molecular flexibility index (Phi) is 2.93. The third-order valence-corrected chi connectivity index (χ3v) is 3.51. The van der Waals surface area contributed by atoms with Crippen LogP contribution in [0.5, 0.6) is 5.75 Å². The highest BCUT2D eigenvalue weighted by Crippen LogP contribution is 2.48. The van der Waals surface area contributed by atoms with E-state index in [1.807, 2.05) is 24.3 Å². The summed E-state index contributed by atoms with van der Waals surface area (Å²) in [5.74, 6) is 1.22. The third kappa shape index (κ3) is 1.93. The second-order valence-corrected chi connectivity index (χ2v) is 4.73. The Labute approximate surface area is 115 Å². The maximum atomic E-state index is 11.8. The molecule has 1 aliphatic carbocycles. The first-order chi connectivity index (χ1) is 9.69. The van der Waals surface area contributed by atoms with Crippen LogP contribution < -0.4 is 4.74 Å². The van der Waals surface area contributed by atoms with Gasteiger partial charge in [-0.1, -0.05) is 5.16 Å². The van der Waals surface area contributed by atoms with Crippen LogP contribution in [0.1, 0.15) is 18.7 Å². The van der Waals surface area contributed by atoms with Gasteiger partial charge in [-0.3, -0.25) is 4.79 Å². The molecule has 0 N–H and O–H groups in total. The van der Waals surface area contributed by atoms with E-state index < -0.39 is 5.41 Å². The Morgan fingerprint density at radius 1 is 1.25 bits per heavy atom. The largest absolute Gasteiger partial charge is 0.497 e. The molecule has 0 unspecified atom stereocenters. The first-order valence-corrected chi connectivity index (χ1v) is 6.26. The lowest BCUT2D eigenvalue weighted by Gasteiger charge is -2.05. The van der Waals surface area contributed by atoms with Gasteiger partial charge in [-0.25, -0.2) is 0 Å². The van der Waals surface area contributed by atoms with E-state index in [4.69, 9.17) is 14.0 Å². The number of hydrogen-bond donors (Lipinski definition) is 0. The Morgan fingerprint density at radius 3 is 2.50 bits per heavy atom. The molecule has 6 heteroatoms. The number of aromatic nitrogens is 2. The van der Waals surface area contributed by atoms with Crippen molar-refractivity contribution in [2.24, 2.45) is 0 Å². The van der Waals surface area contributed by atoms with E-state index in [9.17, 15) is 4.79 Å². The van der Waals surface area contributed by atoms with Crippen LogP contribution in [0.25, 0.3) is 11.4 Å². The number of rotatable bonds is 4. The Morgan fingerprint density at radius 2 is 1.95 bits per heavy atom. The van der Waals surface area contributed by atoms with Crippen molar-refractivity contribution < 1.29 is 18.8 Å². The summed E-state index contributed by atoms with van der Waals surface area (Å²) in [4.78, 5) is 16.1. The molecular weight excluding hydrogens is 260 g/mol. The normalized spacial score (nSPS) is 15.7. The lowest BCUT2D eigenvalue weighted by molar-refractivity contribution is -0.144. The fraction of sp³-hybridized carbons (Fsp3) is 0.357. The average Bonchev–Trinajstić information content (AvgIpc) is 3.17. The van der Waals surface area contributed by atoms with Gasteiger partial charge in [-0.2, -0.15) is 4.98 Å². The van der Waals surface area contributed by atoms with E-state index in [2.05, 4.69) is 10.1 Å². The maximum absolute atomic E-state index is 11.8. The third-order valence-electron chi connectivity index (χ3n) is 3.51. The molecule has 0 amide bonds. The number of benzene rings is 1. The smallest absolute Gasteiger partial charge is 0.321 e. The minimum Gasteiger partial charge on any atom is -0.497 e. The van der Waals surface area contributed by atoms with Crippen molar-refractivity contribution in [3.8, 4) is 17.1 Å². The SMILES string of the molecule is COC(=O)C1(c2nc(-c3ccc(OC)cc3)no2)CC1. The van der Waals surface area contributed by atoms with E-state index in [1.54, 1.807) is 7.11 Å². The van der Waals surface area contributed by atoms with Gasteiger partial charge < -0.3 is 14.0 Å². The molecule has 1 aliphatic rings. The monoisotopic (exact) mass is 274 g/mol. The van der Waals surface area contributed by atoms with Crippen LogP contribution in [-0.4, -0.2) is 30.3 Å². The number of nitrogens with zero attached hydrogens (tertiary/aromatic N) is 2. The van der Waals surface area contributed by atoms with Crippen LogP contribution in [0.15, 0.2) is 28.8 Å². The number of esters is 1. The molecule has 2 aromatic rings. The number of hydrogen-bond acceptors (Lipinski definition) is 6. The molecule has 0 bridgehead atoms. The van der Waals surface area contributed by atoms with Gasteiger partial charge in [0.15, 0.2) is 0 Å². The molecule has 1 fully saturated rings. The van der Waals surface area contributed by atoms with E-state index in [1.165, 1.54) is 7.11 Å². The molecule has 1 heterocycles. The van der Waals surface area contributed by atoms with Crippen molar-refractivity contribution in [3.05, 3.63) is 30.2 Å². The van der Waals surface area contributed by atoms with Crippen LogP contribution in [0.2, 0.25) is 0 Å². The summed E-state index contributed by atoms with van der Waals surface area (Å²) in [5, 5.41) is 3.93. The van der Waals surface area contributed by atoms with Crippen LogP contribution in [0.3, 0.4) is 0 Å². The van der Waals surface area contributed by atoms with Gasteiger partial charge in [0.2, 0.25) is 11.7 Å². The lowest BCUT2D eigenvalue weighted by Crippen LogP contribution is -2.22. The quantitative estimate of drug-likeness (QED) is 0.793. The van der Waals surface area contributed by atoms with Crippen molar-refractivity contribution in [1.29, 1.82) is 0 Å². The van der Waals surface area contributed by atoms with Gasteiger partial charge in [0.1, 0.15) is 11.2 Å². The summed E-state index contributed by atoms with van der Waals surface area (Å²) in [6.07, 6.45) is 1.37. The summed E-state index contributed by atoms with van der Waals surface area (Å²) in [6, 6.07) is 7.31. The van der Waals surface area contributed by atoms with Crippen molar-refractivity contribution in [1.82, 2.24) is 10.1 Å². The zero-order chi connectivity index (χ0) is 14.2. The molecule has 1 saturated carbocycles. The highest BCUT2D eigenvalue weighted by atomic mass is 16.5. The number of ether oxygens (including phenoxy) is 2. The van der Waals surface area contributed by atoms with Crippen molar-refractivity contribution in [2.75, 3.05) is 14.2 Å². The van der Waals surface area contributed by atoms with E-state index >= 15 is 0 Å². The van der Waals surface area contributed by atoms with E-state index in [-0.39, 0.29) is 5.97 Å². The summed E-state index contributed by atoms with van der Waals surface area (Å²) >= 11 is 0. The molecule has 3 rings (SSSR count). The highest BCUT2D eigenvalue weighted by molar-refractivity contribution is 5.85. The minimum atomic E-state index is -0.730. The van der Waals surface area contributed by atoms with Gasteiger partial charge in [-0.05, 0) is 37.1 Å². The topological polar surface area (TPSA) is 74.5 Å². The fourth-order valence-electron chi connectivity index (χ4n) is 2.10. The van der Waals surface area contributed by atoms with Crippen molar-refractivity contribution >= 4 is 5.97 Å². The molecule has 0 radical (unpaired) electrons. The average molecular weight is 274 g/mol. The highest BCUT2D eigenvalue weighted by Gasteiger charge is 2.57. The summed E-state index contributed by atoms with van der Waals surface area (Å²) in [7, 11) is 2.97. The van der Waals surface area contributed by atoms with Gasteiger partial charge in [0.05, 0.1) is 14.2 Å². The summed E-state index contributed by atoms with van der Waals surface area (Å²) in [5.41, 5.74) is 0.0772. The van der Waals surface area contributed by atoms with Crippen LogP contribution >= 0.6 is 0 Å². The predicted octanol–water partition coefficient (Wildman–Crippen LogP) is 1.95. The van der Waals surface area contributed by atoms with Gasteiger partial charge >= 0.3 is 5.97 Å². The predicted molar refractivity (Wildman–Crippen MR) is 69.2 cm³/mol. The van der Waals surface area contributed by atoms with Crippen molar-refractivity contribution in [3.63, 3.8) is 0 Å². The Hall–Kier alpha value is -2.37. The molecular formula is C14H14N2O4. The molecule has 1 aromatic carbocycles. The minimum absolute atomic E-state index is 0.317. The molecule has 1 aromatic heterocycles. The second kappa shape index (κ2) is 4.63. The zero-order valence-corrected chi connectivity index (χ0v) is 11.3. The molecule has 6 nitrogen and oxygen atoms in total. The first-order valence-electron chi connectivity index (χ1n) is 6.26. The van der Waals surface area contributed by atoms with Crippen LogP contribution in [-0.2, 0) is 14.9 Å². The maximum Gasteiger partial charge on any atom is 0.321 e. The molecule has 104 valence electrons. The van der Waals surface area contributed by atoms with Crippen LogP contribution in [0.4, 0.5) is 0 Å². The fourth-order valence-corrected chi connectivity index (χ4v) is 2.10. The van der Waals surface area contributed by atoms with Crippen LogP contribution in [0, 0.1) is 0 Å². The van der Waals surface area contributed by atoms with Gasteiger partial charge in [0.25, 0.3) is 0 Å². The standard InChI is InChI=1S/C14H14N2O4/c1-18-10-5-3-9(4-6-10)11-15-12(20-16-11)14(7-8-14)13(17)19-2/h3-6H,7-8H2,1-2H3. The summed E-state index contributed by atoms with van der Waals surface area (Å²) in [6.45, 7) is 0. The van der Waals surface area contributed by atoms with Gasteiger partial charge in [0, 0.05) is 5.56 Å². The number of carbonyl (C=O) groups excluding carboxylic acids is 1. The molecule has 0 aliphatic heterocycles. The summed E-state index contributed by atoms with van der Waals surface area (Å²) < 4.78 is 15.1. The Bertz CT molecular complexity index is 629. The van der Waals surface area contributed by atoms with E-state index in [0.717, 1.165) is 11.3 Å². The first kappa shape index (κ1) is 12.7. The molecule has 20 heavy (non-hydrogen) atoms. The Balaban J connectivity index is 1.88. The lowest BCUT2D eigenvalue weighted by atomic mass is 10.1. The number of carbonyl (C=O) groups is 1. The zero-order valence-electron chi connectivity index (χ0n) is 11.3. The molecule has 0 atom stereocenters. The second-order valence-electron chi connectivity index (χ2n) is 4.73. The number of methoxy groups -OCH3 is 2. The van der Waals surface area contributed by atoms with Gasteiger partial charge in [-0.15, -0.1) is 0 Å². The molecule has 0 saturated heterocycles.